The maximum Gasteiger partial charge on any atom is 0.327 e. The monoisotopic (exact) mass is 291 g/mol. The summed E-state index contributed by atoms with van der Waals surface area (Å²) in [7, 11) is 0. The Morgan fingerprint density at radius 2 is 1.84 bits per heavy atom. The standard InChI is InChI=1S/C11H8F3NO3S/c12-5-1-6(13)9(7(14)2-5)10(16)15-4-19-3-8(15)11(17)18/h1-2,8H,3-4H2,(H,17,18). The van der Waals surface area contributed by atoms with Crippen LogP contribution >= 0.6 is 11.8 Å². The molecule has 1 fully saturated rings. The van der Waals surface area contributed by atoms with Gasteiger partial charge in [-0.25, -0.2) is 18.0 Å². The van der Waals surface area contributed by atoms with Crippen LogP contribution in [0.25, 0.3) is 0 Å². The van der Waals surface area contributed by atoms with Crippen molar-refractivity contribution in [2.75, 3.05) is 11.6 Å². The van der Waals surface area contributed by atoms with E-state index in [1.807, 2.05) is 0 Å². The first kappa shape index (κ1) is 13.7. The van der Waals surface area contributed by atoms with Gasteiger partial charge in [0.2, 0.25) is 0 Å². The van der Waals surface area contributed by atoms with Crippen LogP contribution in [0, 0.1) is 17.5 Å². The highest BCUT2D eigenvalue weighted by Crippen LogP contribution is 2.25. The number of carboxylic acids is 1. The third-order valence-corrected chi connectivity index (χ3v) is 3.66. The number of hydrogen-bond acceptors (Lipinski definition) is 3. The predicted octanol–water partition coefficient (Wildman–Crippen LogP) is 1.70. The lowest BCUT2D eigenvalue weighted by atomic mass is 10.1. The second kappa shape index (κ2) is 5.12. The lowest BCUT2D eigenvalue weighted by Gasteiger charge is -2.20. The molecule has 1 aliphatic rings. The Hall–Kier alpha value is -1.70. The number of hydrogen-bond donors (Lipinski definition) is 1. The van der Waals surface area contributed by atoms with E-state index in [9.17, 15) is 22.8 Å². The molecule has 1 atom stereocenters. The number of aliphatic carboxylic acids is 1. The van der Waals surface area contributed by atoms with E-state index in [1.54, 1.807) is 0 Å². The molecule has 0 aromatic heterocycles. The van der Waals surface area contributed by atoms with E-state index < -0.39 is 40.9 Å². The van der Waals surface area contributed by atoms with Crippen molar-refractivity contribution in [2.45, 2.75) is 6.04 Å². The van der Waals surface area contributed by atoms with Crippen LogP contribution in [0.4, 0.5) is 13.2 Å². The van der Waals surface area contributed by atoms with Gasteiger partial charge in [-0.3, -0.25) is 4.79 Å². The molecule has 0 aliphatic carbocycles. The maximum atomic E-state index is 13.5. The van der Waals surface area contributed by atoms with Crippen LogP contribution in [-0.2, 0) is 4.79 Å². The minimum atomic E-state index is -1.34. The SMILES string of the molecule is O=C(O)C1CSCN1C(=O)c1c(F)cc(F)cc1F. The fraction of sp³-hybridized carbons (Fsp3) is 0.273. The van der Waals surface area contributed by atoms with Crippen molar-refractivity contribution in [1.82, 2.24) is 4.90 Å². The third kappa shape index (κ3) is 2.53. The van der Waals surface area contributed by atoms with Crippen LogP contribution in [0.3, 0.4) is 0 Å². The summed E-state index contributed by atoms with van der Waals surface area (Å²) in [5.74, 6) is -6.00. The average molecular weight is 291 g/mol. The van der Waals surface area contributed by atoms with Gasteiger partial charge in [0.25, 0.3) is 5.91 Å². The number of nitrogens with zero attached hydrogens (tertiary/aromatic N) is 1. The highest BCUT2D eigenvalue weighted by Gasteiger charge is 2.37. The first-order valence-corrected chi connectivity index (χ1v) is 6.33. The molecule has 1 aliphatic heterocycles. The van der Waals surface area contributed by atoms with Gasteiger partial charge in [0, 0.05) is 17.9 Å². The molecule has 4 nitrogen and oxygen atoms in total. The topological polar surface area (TPSA) is 57.6 Å². The van der Waals surface area contributed by atoms with Crippen LogP contribution in [0.15, 0.2) is 12.1 Å². The first-order valence-electron chi connectivity index (χ1n) is 5.18. The lowest BCUT2D eigenvalue weighted by Crippen LogP contribution is -2.42. The Morgan fingerprint density at radius 3 is 2.37 bits per heavy atom. The zero-order chi connectivity index (χ0) is 14.2. The Kier molecular flexibility index (Phi) is 3.70. The summed E-state index contributed by atoms with van der Waals surface area (Å²) in [5, 5.41) is 8.91. The van der Waals surface area contributed by atoms with Crippen molar-refractivity contribution in [1.29, 1.82) is 0 Å². The molecule has 1 saturated heterocycles. The maximum absolute atomic E-state index is 13.5. The molecule has 0 radical (unpaired) electrons. The van der Waals surface area contributed by atoms with E-state index in [-0.39, 0.29) is 11.6 Å². The summed E-state index contributed by atoms with van der Waals surface area (Å²) >= 11 is 1.16. The summed E-state index contributed by atoms with van der Waals surface area (Å²) in [4.78, 5) is 23.7. The van der Waals surface area contributed by atoms with Gasteiger partial charge < -0.3 is 10.0 Å². The van der Waals surface area contributed by atoms with Crippen molar-refractivity contribution in [3.63, 3.8) is 0 Å². The summed E-state index contributed by atoms with van der Waals surface area (Å²) in [5.41, 5.74) is -0.935. The van der Waals surface area contributed by atoms with Crippen LogP contribution < -0.4 is 0 Å². The van der Waals surface area contributed by atoms with Gasteiger partial charge in [0.05, 0.1) is 5.88 Å². The number of carbonyl (C=O) groups excluding carboxylic acids is 1. The Morgan fingerprint density at radius 1 is 1.26 bits per heavy atom. The lowest BCUT2D eigenvalue weighted by molar-refractivity contribution is -0.140. The highest BCUT2D eigenvalue weighted by molar-refractivity contribution is 7.99. The molecule has 102 valence electrons. The first-order chi connectivity index (χ1) is 8.91. The molecule has 19 heavy (non-hydrogen) atoms. The molecule has 1 aromatic rings. The Bertz CT molecular complexity index is 529. The minimum absolute atomic E-state index is 0.0199. The number of amides is 1. The molecule has 1 aromatic carbocycles. The van der Waals surface area contributed by atoms with E-state index in [2.05, 4.69) is 0 Å². The Balaban J connectivity index is 2.37. The van der Waals surface area contributed by atoms with Gasteiger partial charge in [0.1, 0.15) is 29.1 Å². The van der Waals surface area contributed by atoms with Crippen LogP contribution in [-0.4, -0.2) is 39.6 Å². The van der Waals surface area contributed by atoms with Gasteiger partial charge in [-0.2, -0.15) is 0 Å². The van der Waals surface area contributed by atoms with E-state index in [4.69, 9.17) is 5.11 Å². The summed E-state index contributed by atoms with van der Waals surface area (Å²) in [6.45, 7) is 0. The number of thioether (sulfide) groups is 1. The van der Waals surface area contributed by atoms with Gasteiger partial charge in [-0.05, 0) is 0 Å². The van der Waals surface area contributed by atoms with Crippen molar-refractivity contribution < 1.29 is 27.9 Å². The number of benzene rings is 1. The molecular formula is C11H8F3NO3S. The van der Waals surface area contributed by atoms with Crippen molar-refractivity contribution in [2.24, 2.45) is 0 Å². The number of halogens is 3. The molecule has 1 heterocycles. The number of carbonyl (C=O) groups is 2. The smallest absolute Gasteiger partial charge is 0.327 e. The summed E-state index contributed by atoms with van der Waals surface area (Å²) in [6, 6.07) is -0.369. The zero-order valence-electron chi connectivity index (χ0n) is 9.40. The molecule has 0 bridgehead atoms. The normalized spacial score (nSPS) is 18.7. The molecule has 0 saturated carbocycles. The highest BCUT2D eigenvalue weighted by atomic mass is 32.2. The van der Waals surface area contributed by atoms with Crippen LogP contribution in [0.2, 0.25) is 0 Å². The van der Waals surface area contributed by atoms with Gasteiger partial charge in [-0.1, -0.05) is 0 Å². The molecule has 1 amide bonds. The van der Waals surface area contributed by atoms with E-state index >= 15 is 0 Å². The fourth-order valence-electron chi connectivity index (χ4n) is 1.74. The average Bonchev–Trinajstić information content (AvgIpc) is 2.75. The van der Waals surface area contributed by atoms with Gasteiger partial charge in [-0.15, -0.1) is 11.8 Å². The molecule has 1 unspecified atom stereocenters. The minimum Gasteiger partial charge on any atom is -0.480 e. The summed E-state index contributed by atoms with van der Waals surface area (Å²) < 4.78 is 39.7. The zero-order valence-corrected chi connectivity index (χ0v) is 10.2. The number of carboxylic acid groups (broad SMARTS) is 1. The van der Waals surface area contributed by atoms with Crippen molar-refractivity contribution >= 4 is 23.6 Å². The largest absolute Gasteiger partial charge is 0.480 e. The molecule has 1 N–H and O–H groups in total. The van der Waals surface area contributed by atoms with Crippen LogP contribution in [0.5, 0.6) is 0 Å². The van der Waals surface area contributed by atoms with Gasteiger partial charge >= 0.3 is 5.97 Å². The molecule has 8 heteroatoms. The van der Waals surface area contributed by atoms with E-state index in [0.29, 0.717) is 12.1 Å². The second-order valence-corrected chi connectivity index (χ2v) is 4.87. The van der Waals surface area contributed by atoms with E-state index in [1.165, 1.54) is 0 Å². The van der Waals surface area contributed by atoms with Crippen LogP contribution in [0.1, 0.15) is 10.4 Å². The predicted molar refractivity (Wildman–Crippen MR) is 61.2 cm³/mol. The molecule has 0 spiro atoms. The fourth-order valence-corrected chi connectivity index (χ4v) is 2.88. The van der Waals surface area contributed by atoms with Gasteiger partial charge in [0.15, 0.2) is 0 Å². The third-order valence-electron chi connectivity index (χ3n) is 2.65. The van der Waals surface area contributed by atoms with Crippen molar-refractivity contribution in [3.05, 3.63) is 35.1 Å². The van der Waals surface area contributed by atoms with Crippen molar-refractivity contribution in [3.8, 4) is 0 Å². The second-order valence-electron chi connectivity index (χ2n) is 3.87. The molecular weight excluding hydrogens is 283 g/mol. The summed E-state index contributed by atoms with van der Waals surface area (Å²) in [6.07, 6.45) is 0. The number of rotatable bonds is 2. The molecule has 2 rings (SSSR count). The Labute approximate surface area is 110 Å². The van der Waals surface area contributed by atoms with E-state index in [0.717, 1.165) is 16.7 Å². The quantitative estimate of drug-likeness (QED) is 0.901.